The van der Waals surface area contributed by atoms with E-state index in [1.165, 1.54) is 18.2 Å². The number of hydrogen-bond acceptors (Lipinski definition) is 5. The molecule has 0 radical (unpaired) electrons. The average molecular weight is 403 g/mol. The molecule has 0 fully saturated rings. The van der Waals surface area contributed by atoms with Gasteiger partial charge in [0.15, 0.2) is 0 Å². The third kappa shape index (κ3) is 4.73. The largest absolute Gasteiger partial charge is 0.494 e. The van der Waals surface area contributed by atoms with Gasteiger partial charge in [-0.25, -0.2) is 13.2 Å². The van der Waals surface area contributed by atoms with Crippen molar-refractivity contribution in [2.45, 2.75) is 32.6 Å². The third-order valence-electron chi connectivity index (χ3n) is 5.10. The summed E-state index contributed by atoms with van der Waals surface area (Å²) in [5.41, 5.74) is 5.13. The van der Waals surface area contributed by atoms with Crippen molar-refractivity contribution in [2.24, 2.45) is 0 Å². The number of aryl methyl sites for hydroxylation is 2. The van der Waals surface area contributed by atoms with Gasteiger partial charge in [-0.15, -0.1) is 0 Å². The standard InChI is InChI=1S/C22H26O5S/c1-3-28(24,25)13-5-12-27-19-10-11-20-17(14-19)7-4-6-16-8-9-18(15-21(16)20)22(23)26-2/h8-11,14-15H,3-7,12-13H2,1-2H3. The molecule has 0 N–H and O–H groups in total. The van der Waals surface area contributed by atoms with Crippen molar-refractivity contribution in [3.05, 3.63) is 53.1 Å². The van der Waals surface area contributed by atoms with Crippen LogP contribution in [-0.2, 0) is 27.4 Å². The average Bonchev–Trinajstić information content (AvgIpc) is 2.89. The van der Waals surface area contributed by atoms with Crippen LogP contribution in [0.25, 0.3) is 11.1 Å². The topological polar surface area (TPSA) is 69.7 Å². The monoisotopic (exact) mass is 402 g/mol. The predicted octanol–water partition coefficient (Wildman–Crippen LogP) is 3.83. The zero-order chi connectivity index (χ0) is 20.1. The van der Waals surface area contributed by atoms with E-state index in [2.05, 4.69) is 0 Å². The molecule has 6 heteroatoms. The van der Waals surface area contributed by atoms with Crippen molar-refractivity contribution in [3.8, 4) is 16.9 Å². The number of ether oxygens (including phenoxy) is 2. The van der Waals surface area contributed by atoms with Crippen LogP contribution < -0.4 is 4.74 Å². The first-order valence-corrected chi connectivity index (χ1v) is 11.4. The van der Waals surface area contributed by atoms with Crippen molar-refractivity contribution < 1.29 is 22.7 Å². The fourth-order valence-corrected chi connectivity index (χ4v) is 4.35. The lowest BCUT2D eigenvalue weighted by molar-refractivity contribution is 0.0600. The van der Waals surface area contributed by atoms with Gasteiger partial charge >= 0.3 is 5.97 Å². The molecule has 0 heterocycles. The second kappa shape index (κ2) is 8.78. The highest BCUT2D eigenvalue weighted by molar-refractivity contribution is 7.91. The summed E-state index contributed by atoms with van der Waals surface area (Å²) in [5.74, 6) is 0.729. The zero-order valence-electron chi connectivity index (χ0n) is 16.4. The van der Waals surface area contributed by atoms with Crippen LogP contribution in [0.15, 0.2) is 36.4 Å². The number of sulfone groups is 1. The Hall–Kier alpha value is -2.34. The van der Waals surface area contributed by atoms with E-state index in [0.717, 1.165) is 36.1 Å². The van der Waals surface area contributed by atoms with Crippen LogP contribution in [0, 0.1) is 0 Å². The smallest absolute Gasteiger partial charge is 0.337 e. The van der Waals surface area contributed by atoms with Gasteiger partial charge in [-0.05, 0) is 72.2 Å². The Morgan fingerprint density at radius 2 is 1.82 bits per heavy atom. The van der Waals surface area contributed by atoms with Gasteiger partial charge in [-0.1, -0.05) is 19.1 Å². The van der Waals surface area contributed by atoms with Crippen molar-refractivity contribution in [3.63, 3.8) is 0 Å². The summed E-state index contributed by atoms with van der Waals surface area (Å²) in [4.78, 5) is 11.9. The summed E-state index contributed by atoms with van der Waals surface area (Å²) in [6.07, 6.45) is 3.39. The maximum absolute atomic E-state index is 11.9. The van der Waals surface area contributed by atoms with Crippen LogP contribution in [0.2, 0.25) is 0 Å². The molecular weight excluding hydrogens is 376 g/mol. The number of benzene rings is 2. The van der Waals surface area contributed by atoms with Crippen molar-refractivity contribution in [2.75, 3.05) is 25.2 Å². The third-order valence-corrected chi connectivity index (χ3v) is 6.89. The number of carbonyl (C=O) groups excluding carboxylic acids is 1. The number of esters is 1. The summed E-state index contributed by atoms with van der Waals surface area (Å²) < 4.78 is 33.8. The second-order valence-electron chi connectivity index (χ2n) is 6.97. The molecule has 2 aromatic rings. The van der Waals surface area contributed by atoms with Gasteiger partial charge in [0, 0.05) is 5.75 Å². The van der Waals surface area contributed by atoms with Crippen LogP contribution in [0.1, 0.15) is 41.3 Å². The number of methoxy groups -OCH3 is 1. The van der Waals surface area contributed by atoms with Crippen LogP contribution in [-0.4, -0.2) is 39.6 Å². The molecule has 0 saturated carbocycles. The summed E-state index contributed by atoms with van der Waals surface area (Å²) in [7, 11) is -1.57. The highest BCUT2D eigenvalue weighted by atomic mass is 32.2. The fourth-order valence-electron chi connectivity index (χ4n) is 3.50. The lowest BCUT2D eigenvalue weighted by Crippen LogP contribution is -2.11. The SMILES string of the molecule is CCS(=O)(=O)CCCOc1ccc2c(c1)CCCc1ccc(C(=O)OC)cc1-2. The van der Waals surface area contributed by atoms with E-state index < -0.39 is 9.84 Å². The maximum Gasteiger partial charge on any atom is 0.337 e. The molecule has 0 aromatic heterocycles. The normalized spacial score (nSPS) is 13.2. The van der Waals surface area contributed by atoms with Gasteiger partial charge in [0.1, 0.15) is 15.6 Å². The first-order chi connectivity index (χ1) is 13.4. The van der Waals surface area contributed by atoms with Crippen LogP contribution in [0.4, 0.5) is 0 Å². The minimum Gasteiger partial charge on any atom is -0.494 e. The van der Waals surface area contributed by atoms with E-state index in [1.54, 1.807) is 6.92 Å². The van der Waals surface area contributed by atoms with Gasteiger partial charge in [-0.2, -0.15) is 0 Å². The van der Waals surface area contributed by atoms with Gasteiger partial charge in [0.05, 0.1) is 25.0 Å². The van der Waals surface area contributed by atoms with Crippen molar-refractivity contribution in [1.29, 1.82) is 0 Å². The quantitative estimate of drug-likeness (QED) is 0.520. The Kier molecular flexibility index (Phi) is 6.39. The number of fused-ring (bicyclic) bond motifs is 3. The Morgan fingerprint density at radius 1 is 1.04 bits per heavy atom. The summed E-state index contributed by atoms with van der Waals surface area (Å²) in [5, 5.41) is 0. The molecule has 0 unspecified atom stereocenters. The Morgan fingerprint density at radius 3 is 2.57 bits per heavy atom. The summed E-state index contributed by atoms with van der Waals surface area (Å²) in [6, 6.07) is 11.7. The van der Waals surface area contributed by atoms with Crippen LogP contribution in [0.3, 0.4) is 0 Å². The lowest BCUT2D eigenvalue weighted by Gasteiger charge is -2.13. The Bertz CT molecular complexity index is 963. The maximum atomic E-state index is 11.9. The first kappa shape index (κ1) is 20.4. The molecule has 0 spiro atoms. The molecule has 28 heavy (non-hydrogen) atoms. The van der Waals surface area contributed by atoms with E-state index in [-0.39, 0.29) is 17.5 Å². The number of hydrogen-bond donors (Lipinski definition) is 0. The van der Waals surface area contributed by atoms with Crippen LogP contribution in [0.5, 0.6) is 5.75 Å². The molecular formula is C22H26O5S. The minimum absolute atomic E-state index is 0.151. The molecule has 0 aliphatic heterocycles. The summed E-state index contributed by atoms with van der Waals surface area (Å²) >= 11 is 0. The zero-order valence-corrected chi connectivity index (χ0v) is 17.2. The molecule has 5 nitrogen and oxygen atoms in total. The van der Waals surface area contributed by atoms with Crippen molar-refractivity contribution >= 4 is 15.8 Å². The van der Waals surface area contributed by atoms with Crippen LogP contribution >= 0.6 is 0 Å². The fraction of sp³-hybridized carbons (Fsp3) is 0.409. The summed E-state index contributed by atoms with van der Waals surface area (Å²) in [6.45, 7) is 2.03. The molecule has 3 rings (SSSR count). The van der Waals surface area contributed by atoms with E-state index in [4.69, 9.17) is 9.47 Å². The first-order valence-electron chi connectivity index (χ1n) is 9.61. The van der Waals surface area contributed by atoms with E-state index in [1.807, 2.05) is 36.4 Å². The van der Waals surface area contributed by atoms with E-state index >= 15 is 0 Å². The van der Waals surface area contributed by atoms with E-state index in [0.29, 0.717) is 18.6 Å². The van der Waals surface area contributed by atoms with Crippen molar-refractivity contribution in [1.82, 2.24) is 0 Å². The van der Waals surface area contributed by atoms with Gasteiger partial charge in [0.25, 0.3) is 0 Å². The molecule has 0 saturated heterocycles. The second-order valence-corrected chi connectivity index (χ2v) is 9.45. The van der Waals surface area contributed by atoms with E-state index in [9.17, 15) is 13.2 Å². The molecule has 150 valence electrons. The molecule has 2 aromatic carbocycles. The molecule has 0 amide bonds. The highest BCUT2D eigenvalue weighted by Crippen LogP contribution is 2.35. The Balaban J connectivity index is 1.79. The highest BCUT2D eigenvalue weighted by Gasteiger charge is 2.17. The molecule has 1 aliphatic carbocycles. The molecule has 1 aliphatic rings. The lowest BCUT2D eigenvalue weighted by atomic mass is 9.94. The Labute approximate surface area is 166 Å². The van der Waals surface area contributed by atoms with Gasteiger partial charge in [-0.3, -0.25) is 0 Å². The molecule has 0 bridgehead atoms. The number of carbonyl (C=O) groups is 1. The predicted molar refractivity (Wildman–Crippen MR) is 110 cm³/mol. The van der Waals surface area contributed by atoms with Gasteiger partial charge < -0.3 is 9.47 Å². The van der Waals surface area contributed by atoms with Gasteiger partial charge in [0.2, 0.25) is 0 Å². The molecule has 0 atom stereocenters. The minimum atomic E-state index is -2.96. The number of rotatable bonds is 7.